The summed E-state index contributed by atoms with van der Waals surface area (Å²) >= 11 is 0. The fraction of sp³-hybridized carbons (Fsp3) is 0. The zero-order valence-electron chi connectivity index (χ0n) is 7.41. The van der Waals surface area contributed by atoms with E-state index in [-0.39, 0.29) is 17.8 Å². The Morgan fingerprint density at radius 1 is 1.07 bits per heavy atom. The van der Waals surface area contributed by atoms with E-state index in [0.717, 1.165) is 0 Å². The maximum Gasteiger partial charge on any atom is 0.298 e. The second kappa shape index (κ2) is 5.02. The Bertz CT molecular complexity index is 412. The highest BCUT2D eigenvalue weighted by molar-refractivity contribution is 7.90. The Hall–Kier alpha value is -2.01. The second-order valence-electron chi connectivity index (χ2n) is 2.02. The minimum absolute atomic E-state index is 0.196. The molecule has 10 nitrogen and oxygen atoms in total. The minimum Gasteiger partial charge on any atom is -0.368 e. The van der Waals surface area contributed by atoms with Crippen LogP contribution in [-0.4, -0.2) is 30.2 Å². The van der Waals surface area contributed by atoms with Crippen LogP contribution in [-0.2, 0) is 15.0 Å². The average molecular weight is 235 g/mol. The number of nitrogens with one attached hydrogen (secondary N) is 1. The molecule has 0 unspecified atom stereocenters. The summed E-state index contributed by atoms with van der Waals surface area (Å²) in [7, 11) is -3.92. The number of aromatic nitrogens is 3. The lowest BCUT2D eigenvalue weighted by Gasteiger charge is -2.01. The lowest BCUT2D eigenvalue weighted by molar-refractivity contribution is -0.0979. The highest BCUT2D eigenvalue weighted by Crippen LogP contribution is 2.03. The molecule has 0 aliphatic heterocycles. The van der Waals surface area contributed by atoms with Gasteiger partial charge >= 0.3 is 0 Å². The number of anilines is 3. The third kappa shape index (κ3) is 5.33. The Kier molecular flexibility index (Phi) is 4.34. The Labute approximate surface area is 85.1 Å². The smallest absolute Gasteiger partial charge is 0.298 e. The first kappa shape index (κ1) is 13.0. The Balaban J connectivity index is 0.000000921. The number of nitrogens with zero attached hydrogens (tertiary/aromatic N) is 3. The third-order valence-corrected chi connectivity index (χ3v) is 1.37. The van der Waals surface area contributed by atoms with Crippen LogP contribution in [0.15, 0.2) is 0 Å². The molecular formula is C4H9N7O3S. The minimum atomic E-state index is -3.92. The SMILES string of the molecule is C=O.Nc1nc(N)nc(NS(N)(=O)=O)n1. The van der Waals surface area contributed by atoms with Gasteiger partial charge < -0.3 is 16.3 Å². The molecule has 0 aliphatic carbocycles. The van der Waals surface area contributed by atoms with E-state index in [9.17, 15) is 8.42 Å². The van der Waals surface area contributed by atoms with E-state index in [1.807, 2.05) is 6.79 Å². The summed E-state index contributed by atoms with van der Waals surface area (Å²) in [5.41, 5.74) is 10.3. The van der Waals surface area contributed by atoms with Crippen molar-refractivity contribution in [3.8, 4) is 0 Å². The zero-order valence-corrected chi connectivity index (χ0v) is 8.23. The van der Waals surface area contributed by atoms with Gasteiger partial charge in [-0.25, -0.2) is 9.86 Å². The van der Waals surface area contributed by atoms with Gasteiger partial charge in [0.1, 0.15) is 6.79 Å². The topological polar surface area (TPSA) is 180 Å². The van der Waals surface area contributed by atoms with E-state index in [4.69, 9.17) is 16.3 Å². The fourth-order valence-electron chi connectivity index (χ4n) is 0.582. The van der Waals surface area contributed by atoms with E-state index in [1.54, 1.807) is 4.72 Å². The zero-order chi connectivity index (χ0) is 12.1. The van der Waals surface area contributed by atoms with Crippen molar-refractivity contribution < 1.29 is 13.2 Å². The summed E-state index contributed by atoms with van der Waals surface area (Å²) in [5, 5.41) is 4.65. The van der Waals surface area contributed by atoms with E-state index in [2.05, 4.69) is 20.1 Å². The van der Waals surface area contributed by atoms with Crippen LogP contribution >= 0.6 is 0 Å². The number of carbonyl (C=O) groups excluding carboxylic acids is 1. The second-order valence-corrected chi connectivity index (χ2v) is 3.32. The number of hydrogen-bond donors (Lipinski definition) is 4. The molecule has 0 radical (unpaired) electrons. The summed E-state index contributed by atoms with van der Waals surface area (Å²) in [6, 6.07) is 0. The number of nitrogens with two attached hydrogens (primary N) is 3. The largest absolute Gasteiger partial charge is 0.368 e. The standard InChI is InChI=1S/C3H7N7O2S.CH2O/c4-1-7-2(5)9-3(8-1)10-13(6,11)12;1-2/h(H2,6,11,12)(H5,4,5,7,8,9,10);1H2. The molecule has 7 N–H and O–H groups in total. The predicted molar refractivity (Wildman–Crippen MR) is 52.5 cm³/mol. The summed E-state index contributed by atoms with van der Waals surface area (Å²) in [4.78, 5) is 18.3. The van der Waals surface area contributed by atoms with Gasteiger partial charge in [-0.05, 0) is 0 Å². The van der Waals surface area contributed by atoms with Gasteiger partial charge in [-0.1, -0.05) is 0 Å². The van der Waals surface area contributed by atoms with Crippen molar-refractivity contribution in [3.05, 3.63) is 0 Å². The van der Waals surface area contributed by atoms with Crippen LogP contribution in [0.1, 0.15) is 0 Å². The van der Waals surface area contributed by atoms with Crippen LogP contribution in [0.5, 0.6) is 0 Å². The first-order valence-corrected chi connectivity index (χ1v) is 4.78. The van der Waals surface area contributed by atoms with Crippen LogP contribution in [0.2, 0.25) is 0 Å². The summed E-state index contributed by atoms with van der Waals surface area (Å²) in [5.74, 6) is -0.704. The number of hydrogen-bond acceptors (Lipinski definition) is 8. The van der Waals surface area contributed by atoms with Crippen molar-refractivity contribution in [1.82, 2.24) is 15.0 Å². The molecule has 1 aromatic rings. The number of carbonyl (C=O) groups is 1. The van der Waals surface area contributed by atoms with Crippen molar-refractivity contribution in [3.63, 3.8) is 0 Å². The number of rotatable bonds is 2. The molecule has 0 atom stereocenters. The highest BCUT2D eigenvalue weighted by atomic mass is 32.2. The first-order chi connectivity index (χ1) is 6.87. The lowest BCUT2D eigenvalue weighted by Crippen LogP contribution is -2.23. The molecule has 1 aromatic heterocycles. The van der Waals surface area contributed by atoms with Gasteiger partial charge in [0, 0.05) is 0 Å². The van der Waals surface area contributed by atoms with E-state index in [1.165, 1.54) is 0 Å². The van der Waals surface area contributed by atoms with Gasteiger partial charge in [-0.3, -0.25) is 0 Å². The molecule has 15 heavy (non-hydrogen) atoms. The van der Waals surface area contributed by atoms with E-state index < -0.39 is 10.2 Å². The van der Waals surface area contributed by atoms with Crippen molar-refractivity contribution in [2.24, 2.45) is 5.14 Å². The molecule has 0 spiro atoms. The number of nitrogen functional groups attached to an aromatic ring is 2. The third-order valence-electron chi connectivity index (χ3n) is 0.904. The van der Waals surface area contributed by atoms with Gasteiger partial charge in [0.15, 0.2) is 0 Å². The van der Waals surface area contributed by atoms with Crippen LogP contribution < -0.4 is 21.3 Å². The lowest BCUT2D eigenvalue weighted by atomic mass is 10.8. The molecule has 0 saturated carbocycles. The van der Waals surface area contributed by atoms with Gasteiger partial charge in [-0.2, -0.15) is 23.4 Å². The quantitative estimate of drug-likeness (QED) is 0.432. The van der Waals surface area contributed by atoms with Gasteiger partial charge in [0.2, 0.25) is 17.8 Å². The van der Waals surface area contributed by atoms with Crippen molar-refractivity contribution in [1.29, 1.82) is 0 Å². The predicted octanol–water partition coefficient (Wildman–Crippen LogP) is -2.53. The molecular weight excluding hydrogens is 226 g/mol. The Morgan fingerprint density at radius 2 is 1.47 bits per heavy atom. The summed E-state index contributed by atoms with van der Waals surface area (Å²) in [6.45, 7) is 2.00. The molecule has 11 heteroatoms. The van der Waals surface area contributed by atoms with Crippen molar-refractivity contribution in [2.45, 2.75) is 0 Å². The summed E-state index contributed by atoms with van der Waals surface area (Å²) in [6.07, 6.45) is 0. The van der Waals surface area contributed by atoms with Crippen LogP contribution in [0.3, 0.4) is 0 Å². The molecule has 84 valence electrons. The summed E-state index contributed by atoms with van der Waals surface area (Å²) < 4.78 is 22.8. The van der Waals surface area contributed by atoms with Gasteiger partial charge in [0.25, 0.3) is 10.2 Å². The maximum absolute atomic E-state index is 10.5. The Morgan fingerprint density at radius 3 is 1.80 bits per heavy atom. The molecule has 0 amide bonds. The van der Waals surface area contributed by atoms with Gasteiger partial charge in [-0.15, -0.1) is 0 Å². The monoisotopic (exact) mass is 235 g/mol. The van der Waals surface area contributed by atoms with Gasteiger partial charge in [0.05, 0.1) is 0 Å². The van der Waals surface area contributed by atoms with Crippen molar-refractivity contribution >= 4 is 34.8 Å². The molecule has 0 fully saturated rings. The molecule has 0 aliphatic rings. The highest BCUT2D eigenvalue weighted by Gasteiger charge is 2.06. The molecule has 0 saturated heterocycles. The normalized spacial score (nSPS) is 9.93. The van der Waals surface area contributed by atoms with Crippen LogP contribution in [0.4, 0.5) is 17.8 Å². The van der Waals surface area contributed by atoms with Crippen LogP contribution in [0, 0.1) is 0 Å². The maximum atomic E-state index is 10.5. The molecule has 1 heterocycles. The van der Waals surface area contributed by atoms with Crippen LogP contribution in [0.25, 0.3) is 0 Å². The van der Waals surface area contributed by atoms with E-state index >= 15 is 0 Å². The average Bonchev–Trinajstić information content (AvgIpc) is 2.02. The first-order valence-electron chi connectivity index (χ1n) is 3.23. The van der Waals surface area contributed by atoms with Crippen molar-refractivity contribution in [2.75, 3.05) is 16.2 Å². The van der Waals surface area contributed by atoms with E-state index in [0.29, 0.717) is 0 Å². The molecule has 0 bridgehead atoms. The molecule has 0 aromatic carbocycles. The fourth-order valence-corrected chi connectivity index (χ4v) is 0.928. The molecule has 1 rings (SSSR count).